The van der Waals surface area contributed by atoms with Gasteiger partial charge in [0, 0.05) is 0 Å². The second-order valence-electron chi connectivity index (χ2n) is 2.58. The molecular weight excluding hydrogens is 259 g/mol. The lowest BCUT2D eigenvalue weighted by molar-refractivity contribution is -0.144. The number of halogens is 2. The molecule has 0 unspecified atom stereocenters. The monoisotopic (exact) mass is 264 g/mol. The smallest absolute Gasteiger partial charge is 0.332 e. The molecule has 1 amide bonds. The highest BCUT2D eigenvalue weighted by Gasteiger charge is 2.13. The molecule has 2 N–H and O–H groups in total. The minimum Gasteiger partial charge on any atom is -0.479 e. The van der Waals surface area contributed by atoms with E-state index in [0.29, 0.717) is 0 Å². The van der Waals surface area contributed by atoms with Crippen LogP contribution < -0.4 is 5.48 Å². The van der Waals surface area contributed by atoms with Gasteiger partial charge in [0.2, 0.25) is 0 Å². The number of carbonyl (C=O) groups excluding carboxylic acids is 1. The Kier molecular flexibility index (Phi) is 4.48. The van der Waals surface area contributed by atoms with Crippen molar-refractivity contribution in [3.63, 3.8) is 0 Å². The topological polar surface area (TPSA) is 88.5 Å². The molecular formula is C8H6Cl2N2O4. The maximum absolute atomic E-state index is 11.4. The van der Waals surface area contributed by atoms with Gasteiger partial charge in [0.05, 0.1) is 5.02 Å². The van der Waals surface area contributed by atoms with E-state index in [0.717, 1.165) is 0 Å². The molecule has 1 aromatic rings. The number of pyridine rings is 1. The standard InChI is InChI=1S/C8H6Cl2N2O4/c9-4-1-2-5(10)11-7(4)8(15)12-16-3-6(13)14/h1-2H,3H2,(H,12,15)(H,13,14). The van der Waals surface area contributed by atoms with Crippen LogP contribution in [0.1, 0.15) is 10.5 Å². The zero-order chi connectivity index (χ0) is 12.1. The first kappa shape index (κ1) is 12.7. The number of hydroxylamine groups is 1. The average Bonchev–Trinajstić information content (AvgIpc) is 2.21. The third-order valence-corrected chi connectivity index (χ3v) is 1.90. The fraction of sp³-hybridized carbons (Fsp3) is 0.125. The van der Waals surface area contributed by atoms with Crippen LogP contribution in [0.2, 0.25) is 10.2 Å². The molecule has 0 aromatic carbocycles. The summed E-state index contributed by atoms with van der Waals surface area (Å²) in [6.07, 6.45) is 0. The summed E-state index contributed by atoms with van der Waals surface area (Å²) in [6, 6.07) is 2.81. The largest absolute Gasteiger partial charge is 0.479 e. The fourth-order valence-corrected chi connectivity index (χ4v) is 1.13. The van der Waals surface area contributed by atoms with Gasteiger partial charge < -0.3 is 5.11 Å². The summed E-state index contributed by atoms with van der Waals surface area (Å²) in [7, 11) is 0. The molecule has 0 aliphatic heterocycles. The quantitative estimate of drug-likeness (QED) is 0.629. The van der Waals surface area contributed by atoms with E-state index in [2.05, 4.69) is 9.82 Å². The molecule has 8 heteroatoms. The first-order valence-corrected chi connectivity index (χ1v) is 4.72. The van der Waals surface area contributed by atoms with E-state index in [1.54, 1.807) is 0 Å². The van der Waals surface area contributed by atoms with Gasteiger partial charge >= 0.3 is 5.97 Å². The molecule has 0 spiro atoms. The van der Waals surface area contributed by atoms with Crippen LogP contribution in [0.4, 0.5) is 0 Å². The van der Waals surface area contributed by atoms with Crippen molar-refractivity contribution in [1.29, 1.82) is 0 Å². The molecule has 6 nitrogen and oxygen atoms in total. The van der Waals surface area contributed by atoms with E-state index in [1.807, 2.05) is 5.48 Å². The fourth-order valence-electron chi connectivity index (χ4n) is 0.789. The first-order valence-electron chi connectivity index (χ1n) is 3.96. The summed E-state index contributed by atoms with van der Waals surface area (Å²) in [5, 5.41) is 8.43. The summed E-state index contributed by atoms with van der Waals surface area (Å²) >= 11 is 11.2. The number of carboxylic acid groups (broad SMARTS) is 1. The first-order chi connectivity index (χ1) is 7.50. The minimum atomic E-state index is -1.22. The van der Waals surface area contributed by atoms with Gasteiger partial charge in [-0.15, -0.1) is 0 Å². The van der Waals surface area contributed by atoms with Crippen molar-refractivity contribution in [2.45, 2.75) is 0 Å². The van der Waals surface area contributed by atoms with Crippen LogP contribution in [0.3, 0.4) is 0 Å². The van der Waals surface area contributed by atoms with E-state index in [1.165, 1.54) is 12.1 Å². The van der Waals surface area contributed by atoms with Gasteiger partial charge in [-0.25, -0.2) is 15.3 Å². The molecule has 0 saturated carbocycles. The predicted octanol–water partition coefficient (Wildman–Crippen LogP) is 1.13. The number of nitrogens with one attached hydrogen (secondary N) is 1. The van der Waals surface area contributed by atoms with E-state index < -0.39 is 18.5 Å². The summed E-state index contributed by atoms with van der Waals surface area (Å²) in [5.74, 6) is -1.99. The number of carbonyl (C=O) groups is 2. The van der Waals surface area contributed by atoms with Gasteiger partial charge in [0.15, 0.2) is 12.3 Å². The molecule has 0 radical (unpaired) electrons. The molecule has 1 heterocycles. The zero-order valence-corrected chi connectivity index (χ0v) is 9.25. The summed E-state index contributed by atoms with van der Waals surface area (Å²) in [4.78, 5) is 29.5. The van der Waals surface area contributed by atoms with E-state index in [9.17, 15) is 9.59 Å². The molecule has 0 atom stereocenters. The Bertz CT molecular complexity index is 424. The molecule has 0 saturated heterocycles. The molecule has 1 rings (SSSR count). The second-order valence-corrected chi connectivity index (χ2v) is 3.37. The number of amides is 1. The maximum Gasteiger partial charge on any atom is 0.332 e. The molecule has 0 bridgehead atoms. The number of hydrogen-bond acceptors (Lipinski definition) is 4. The highest BCUT2D eigenvalue weighted by molar-refractivity contribution is 6.34. The van der Waals surface area contributed by atoms with Crippen molar-refractivity contribution >= 4 is 35.1 Å². The van der Waals surface area contributed by atoms with Gasteiger partial charge in [-0.05, 0) is 12.1 Å². The van der Waals surface area contributed by atoms with Gasteiger partial charge in [-0.3, -0.25) is 9.63 Å². The highest BCUT2D eigenvalue weighted by Crippen LogP contribution is 2.16. The number of carboxylic acids is 1. The molecule has 1 aromatic heterocycles. The lowest BCUT2D eigenvalue weighted by atomic mass is 10.3. The van der Waals surface area contributed by atoms with E-state index in [4.69, 9.17) is 28.3 Å². The number of nitrogens with zero attached hydrogens (tertiary/aromatic N) is 1. The van der Waals surface area contributed by atoms with Crippen LogP contribution >= 0.6 is 23.2 Å². The van der Waals surface area contributed by atoms with Gasteiger partial charge in [0.25, 0.3) is 5.91 Å². The Labute approximate surface area is 100 Å². The van der Waals surface area contributed by atoms with E-state index >= 15 is 0 Å². The Balaban J connectivity index is 2.65. The number of hydrogen-bond donors (Lipinski definition) is 2. The van der Waals surface area contributed by atoms with Crippen LogP contribution in [-0.4, -0.2) is 28.6 Å². The summed E-state index contributed by atoms with van der Waals surface area (Å²) in [6.45, 7) is -0.663. The second kappa shape index (κ2) is 5.64. The SMILES string of the molecule is O=C(O)CONC(=O)c1nc(Cl)ccc1Cl. The number of aromatic nitrogens is 1. The Morgan fingerprint density at radius 3 is 2.75 bits per heavy atom. The molecule has 0 aliphatic rings. The van der Waals surface area contributed by atoms with Crippen molar-refractivity contribution in [2.75, 3.05) is 6.61 Å². The molecule has 16 heavy (non-hydrogen) atoms. The van der Waals surface area contributed by atoms with Crippen molar-refractivity contribution in [2.24, 2.45) is 0 Å². The summed E-state index contributed by atoms with van der Waals surface area (Å²) < 4.78 is 0. The molecule has 86 valence electrons. The Morgan fingerprint density at radius 1 is 1.44 bits per heavy atom. The third kappa shape index (κ3) is 3.65. The lowest BCUT2D eigenvalue weighted by Crippen LogP contribution is -2.27. The predicted molar refractivity (Wildman–Crippen MR) is 55.3 cm³/mol. The highest BCUT2D eigenvalue weighted by atomic mass is 35.5. The Morgan fingerprint density at radius 2 is 2.12 bits per heavy atom. The minimum absolute atomic E-state index is 0.0841. The van der Waals surface area contributed by atoms with Crippen LogP contribution in [0.15, 0.2) is 12.1 Å². The van der Waals surface area contributed by atoms with Crippen molar-refractivity contribution in [3.05, 3.63) is 28.0 Å². The maximum atomic E-state index is 11.4. The van der Waals surface area contributed by atoms with Gasteiger partial charge in [-0.2, -0.15) is 0 Å². The number of rotatable bonds is 4. The van der Waals surface area contributed by atoms with Gasteiger partial charge in [-0.1, -0.05) is 23.2 Å². The lowest BCUT2D eigenvalue weighted by Gasteiger charge is -2.04. The molecule has 0 aliphatic carbocycles. The Hall–Kier alpha value is -1.37. The van der Waals surface area contributed by atoms with Crippen LogP contribution in [0, 0.1) is 0 Å². The van der Waals surface area contributed by atoms with Crippen molar-refractivity contribution < 1.29 is 19.5 Å². The van der Waals surface area contributed by atoms with Crippen LogP contribution in [0.5, 0.6) is 0 Å². The zero-order valence-electron chi connectivity index (χ0n) is 7.74. The van der Waals surface area contributed by atoms with Crippen molar-refractivity contribution in [3.8, 4) is 0 Å². The molecule has 0 fully saturated rings. The normalized spacial score (nSPS) is 9.88. The number of aliphatic carboxylic acids is 1. The average molecular weight is 265 g/mol. The van der Waals surface area contributed by atoms with Crippen LogP contribution in [0.25, 0.3) is 0 Å². The van der Waals surface area contributed by atoms with Crippen LogP contribution in [-0.2, 0) is 9.63 Å². The van der Waals surface area contributed by atoms with Gasteiger partial charge in [0.1, 0.15) is 5.15 Å². The van der Waals surface area contributed by atoms with Crippen molar-refractivity contribution in [1.82, 2.24) is 10.5 Å². The third-order valence-electron chi connectivity index (χ3n) is 1.39. The summed E-state index contributed by atoms with van der Waals surface area (Å²) in [5.41, 5.74) is 1.73. The van der Waals surface area contributed by atoms with E-state index in [-0.39, 0.29) is 15.9 Å².